The minimum atomic E-state index is -4.87. The number of amides is 1. The summed E-state index contributed by atoms with van der Waals surface area (Å²) < 4.78 is 73.4. The van der Waals surface area contributed by atoms with Crippen LogP contribution < -0.4 is 9.46 Å². The van der Waals surface area contributed by atoms with Crippen LogP contribution in [0.4, 0.5) is 18.9 Å². The van der Waals surface area contributed by atoms with Gasteiger partial charge in [-0.3, -0.25) is 9.52 Å². The van der Waals surface area contributed by atoms with Gasteiger partial charge < -0.3 is 14.1 Å². The Labute approximate surface area is 181 Å². The monoisotopic (exact) mass is 466 g/mol. The zero-order valence-electron chi connectivity index (χ0n) is 16.4. The lowest BCUT2D eigenvalue weighted by molar-refractivity contribution is -0.274. The van der Waals surface area contributed by atoms with Crippen LogP contribution in [0, 0.1) is 0 Å². The van der Waals surface area contributed by atoms with Crippen molar-refractivity contribution in [2.24, 2.45) is 0 Å². The van der Waals surface area contributed by atoms with Gasteiger partial charge in [0, 0.05) is 18.8 Å². The summed E-state index contributed by atoms with van der Waals surface area (Å²) >= 11 is 0. The fourth-order valence-corrected chi connectivity index (χ4v) is 4.43. The second-order valence-corrected chi connectivity index (χ2v) is 8.74. The van der Waals surface area contributed by atoms with Crippen molar-refractivity contribution in [3.63, 3.8) is 0 Å². The zero-order chi connectivity index (χ0) is 22.9. The van der Waals surface area contributed by atoms with Crippen molar-refractivity contribution in [1.29, 1.82) is 0 Å². The highest BCUT2D eigenvalue weighted by Crippen LogP contribution is 2.27. The van der Waals surface area contributed by atoms with Crippen LogP contribution in [0.2, 0.25) is 0 Å². The van der Waals surface area contributed by atoms with Gasteiger partial charge in [-0.1, -0.05) is 6.07 Å². The third-order valence-electron chi connectivity index (χ3n) is 4.86. The van der Waals surface area contributed by atoms with Crippen LogP contribution in [0.15, 0.2) is 70.2 Å². The molecule has 0 radical (unpaired) electrons. The highest BCUT2D eigenvalue weighted by atomic mass is 32.2. The standard InChI is InChI=1S/C21H17F3N2O5S/c22-21(23,24)31-17-5-7-18(8-6-17)32(28,29)25-16-4-3-14-9-10-26(13-15(14)12-16)20(27)19-2-1-11-30-19/h1-8,11-12,25H,9-10,13H2. The quantitative estimate of drug-likeness (QED) is 0.610. The van der Waals surface area contributed by atoms with Crippen LogP contribution in [0.3, 0.4) is 0 Å². The van der Waals surface area contributed by atoms with Crippen LogP contribution in [0.1, 0.15) is 21.7 Å². The van der Waals surface area contributed by atoms with Gasteiger partial charge >= 0.3 is 6.36 Å². The van der Waals surface area contributed by atoms with E-state index in [0.717, 1.165) is 35.4 Å². The lowest BCUT2D eigenvalue weighted by Crippen LogP contribution is -2.35. The second-order valence-electron chi connectivity index (χ2n) is 7.06. The largest absolute Gasteiger partial charge is 0.573 e. The van der Waals surface area contributed by atoms with E-state index in [1.807, 2.05) is 0 Å². The molecule has 0 aliphatic carbocycles. The first-order valence-corrected chi connectivity index (χ1v) is 10.9. The van der Waals surface area contributed by atoms with Crippen molar-refractivity contribution < 1.29 is 35.5 Å². The van der Waals surface area contributed by atoms with Crippen LogP contribution in [0.5, 0.6) is 5.75 Å². The Morgan fingerprint density at radius 2 is 1.81 bits per heavy atom. The number of sulfonamides is 1. The van der Waals surface area contributed by atoms with Gasteiger partial charge in [0.2, 0.25) is 0 Å². The van der Waals surface area contributed by atoms with Gasteiger partial charge in [-0.25, -0.2) is 8.42 Å². The van der Waals surface area contributed by atoms with E-state index < -0.39 is 22.1 Å². The summed E-state index contributed by atoms with van der Waals surface area (Å²) in [6.07, 6.45) is -2.84. The summed E-state index contributed by atoms with van der Waals surface area (Å²) in [5, 5.41) is 0. The minimum absolute atomic E-state index is 0.223. The first-order valence-electron chi connectivity index (χ1n) is 9.44. The van der Waals surface area contributed by atoms with Gasteiger partial charge in [0.05, 0.1) is 11.2 Å². The molecular weight excluding hydrogens is 449 g/mol. The molecule has 1 N–H and O–H groups in total. The lowest BCUT2D eigenvalue weighted by Gasteiger charge is -2.28. The molecule has 0 saturated heterocycles. The van der Waals surface area contributed by atoms with Crippen molar-refractivity contribution in [2.75, 3.05) is 11.3 Å². The average Bonchev–Trinajstić information content (AvgIpc) is 3.26. The summed E-state index contributed by atoms with van der Waals surface area (Å²) in [7, 11) is -4.05. The number of hydrogen-bond acceptors (Lipinski definition) is 5. The number of nitrogens with one attached hydrogen (secondary N) is 1. The first kappa shape index (κ1) is 21.8. The second kappa shape index (κ2) is 8.23. The maximum Gasteiger partial charge on any atom is 0.573 e. The Morgan fingerprint density at radius 1 is 1.06 bits per heavy atom. The number of nitrogens with zero attached hydrogens (tertiary/aromatic N) is 1. The Balaban J connectivity index is 1.49. The van der Waals surface area contributed by atoms with E-state index in [-0.39, 0.29) is 28.8 Å². The van der Waals surface area contributed by atoms with Gasteiger partial charge in [0.1, 0.15) is 5.75 Å². The smallest absolute Gasteiger partial charge is 0.459 e. The van der Waals surface area contributed by atoms with Crippen molar-refractivity contribution in [2.45, 2.75) is 24.2 Å². The fourth-order valence-electron chi connectivity index (χ4n) is 3.38. The number of ether oxygens (including phenoxy) is 1. The number of hydrogen-bond donors (Lipinski definition) is 1. The number of carbonyl (C=O) groups is 1. The molecule has 0 fully saturated rings. The molecule has 4 rings (SSSR count). The molecule has 0 bridgehead atoms. The molecule has 0 spiro atoms. The molecule has 1 aliphatic heterocycles. The van der Waals surface area contributed by atoms with Crippen molar-refractivity contribution >= 4 is 21.6 Å². The zero-order valence-corrected chi connectivity index (χ0v) is 17.2. The number of benzene rings is 2. The molecule has 32 heavy (non-hydrogen) atoms. The van der Waals surface area contributed by atoms with E-state index in [0.29, 0.717) is 13.0 Å². The highest BCUT2D eigenvalue weighted by molar-refractivity contribution is 7.92. The third kappa shape index (κ3) is 4.88. The number of anilines is 1. The molecule has 1 aliphatic rings. The summed E-state index contributed by atoms with van der Waals surface area (Å²) in [5.74, 6) is -0.553. The van der Waals surface area contributed by atoms with E-state index in [1.165, 1.54) is 6.26 Å². The average molecular weight is 466 g/mol. The first-order chi connectivity index (χ1) is 15.1. The lowest BCUT2D eigenvalue weighted by atomic mass is 9.99. The summed E-state index contributed by atoms with van der Waals surface area (Å²) in [6, 6.07) is 12.1. The maximum absolute atomic E-state index is 12.6. The number of fused-ring (bicyclic) bond motifs is 1. The Bertz CT molecular complexity index is 1220. The molecule has 0 saturated carbocycles. The summed E-state index contributed by atoms with van der Waals surface area (Å²) in [4.78, 5) is 13.9. The van der Waals surface area contributed by atoms with Crippen LogP contribution >= 0.6 is 0 Å². The molecule has 11 heteroatoms. The number of rotatable bonds is 5. The molecule has 168 valence electrons. The number of alkyl halides is 3. The molecule has 0 atom stereocenters. The van der Waals surface area contributed by atoms with Crippen molar-refractivity contribution in [3.05, 3.63) is 77.7 Å². The Kier molecular flexibility index (Phi) is 5.59. The maximum atomic E-state index is 12.6. The van der Waals surface area contributed by atoms with Crippen LogP contribution in [-0.2, 0) is 23.0 Å². The van der Waals surface area contributed by atoms with Crippen LogP contribution in [0.25, 0.3) is 0 Å². The topological polar surface area (TPSA) is 88.9 Å². The number of carbonyl (C=O) groups excluding carboxylic acids is 1. The molecule has 2 aromatic carbocycles. The molecule has 1 aromatic heterocycles. The summed E-state index contributed by atoms with van der Waals surface area (Å²) in [6.45, 7) is 0.790. The van der Waals surface area contributed by atoms with E-state index in [2.05, 4.69) is 9.46 Å². The molecular formula is C21H17F3N2O5S. The summed E-state index contributed by atoms with van der Waals surface area (Å²) in [5.41, 5.74) is 2.04. The Morgan fingerprint density at radius 3 is 2.47 bits per heavy atom. The fraction of sp³-hybridized carbons (Fsp3) is 0.190. The predicted molar refractivity (Wildman–Crippen MR) is 108 cm³/mol. The van der Waals surface area contributed by atoms with Crippen molar-refractivity contribution in [1.82, 2.24) is 4.90 Å². The third-order valence-corrected chi connectivity index (χ3v) is 6.25. The Hall–Kier alpha value is -3.47. The molecule has 0 unspecified atom stereocenters. The predicted octanol–water partition coefficient (Wildman–Crippen LogP) is 4.18. The van der Waals surface area contributed by atoms with Gasteiger partial charge in [0.25, 0.3) is 15.9 Å². The molecule has 1 amide bonds. The SMILES string of the molecule is O=C(c1ccco1)N1CCc2ccc(NS(=O)(=O)c3ccc(OC(F)(F)F)cc3)cc2C1. The van der Waals surface area contributed by atoms with Crippen LogP contribution in [-0.4, -0.2) is 32.1 Å². The normalized spacial score (nSPS) is 14.0. The van der Waals surface area contributed by atoms with E-state index in [9.17, 15) is 26.4 Å². The highest BCUT2D eigenvalue weighted by Gasteiger charge is 2.31. The number of halogens is 3. The van der Waals surface area contributed by atoms with Gasteiger partial charge in [-0.2, -0.15) is 0 Å². The van der Waals surface area contributed by atoms with E-state index >= 15 is 0 Å². The van der Waals surface area contributed by atoms with E-state index in [4.69, 9.17) is 4.42 Å². The van der Waals surface area contributed by atoms with Gasteiger partial charge in [-0.15, -0.1) is 13.2 Å². The van der Waals surface area contributed by atoms with Crippen molar-refractivity contribution in [3.8, 4) is 5.75 Å². The molecule has 3 aromatic rings. The van der Waals surface area contributed by atoms with Gasteiger partial charge in [-0.05, 0) is 66.1 Å². The van der Waals surface area contributed by atoms with E-state index in [1.54, 1.807) is 35.2 Å². The molecule has 2 heterocycles. The number of furan rings is 1. The minimum Gasteiger partial charge on any atom is -0.459 e. The molecule has 7 nitrogen and oxygen atoms in total. The van der Waals surface area contributed by atoms with Gasteiger partial charge in [0.15, 0.2) is 5.76 Å².